The van der Waals surface area contributed by atoms with Crippen molar-refractivity contribution < 1.29 is 26.4 Å². The number of hydrogen-bond acceptors (Lipinski definition) is 10. The fraction of sp³-hybridized carbons (Fsp3) is 0.304. The van der Waals surface area contributed by atoms with Crippen LogP contribution < -0.4 is 22.1 Å². The number of aromatic nitrogens is 2. The van der Waals surface area contributed by atoms with E-state index in [-0.39, 0.29) is 64.1 Å². The molecule has 4 heterocycles. The molecule has 0 atom stereocenters. The number of nitrogens with two attached hydrogens (primary N) is 2. The zero-order valence-corrected chi connectivity index (χ0v) is 22.9. The first-order chi connectivity index (χ1) is 18.8. The Morgan fingerprint density at radius 2 is 1.80 bits per heavy atom. The largest absolute Gasteiger partial charge is 0.426 e. The molecule has 17 heteroatoms. The zero-order chi connectivity index (χ0) is 28.9. The second-order valence-corrected chi connectivity index (χ2v) is 12.4. The molecule has 3 aromatic rings. The van der Waals surface area contributed by atoms with Gasteiger partial charge in [0.15, 0.2) is 28.4 Å². The van der Waals surface area contributed by atoms with E-state index in [1.54, 1.807) is 18.2 Å². The van der Waals surface area contributed by atoms with Gasteiger partial charge in [-0.25, -0.2) is 18.4 Å². The predicted molar refractivity (Wildman–Crippen MR) is 144 cm³/mol. The topological polar surface area (TPSA) is 169 Å². The van der Waals surface area contributed by atoms with Crippen molar-refractivity contribution >= 4 is 56.5 Å². The highest BCUT2D eigenvalue weighted by Gasteiger charge is 2.44. The van der Waals surface area contributed by atoms with Gasteiger partial charge in [0.05, 0.1) is 12.1 Å². The molecule has 0 bridgehead atoms. The maximum atomic E-state index is 13.8. The van der Waals surface area contributed by atoms with Crippen LogP contribution in [-0.4, -0.2) is 59.7 Å². The Kier molecular flexibility index (Phi) is 7.14. The van der Waals surface area contributed by atoms with Crippen LogP contribution in [0.2, 0.25) is 5.15 Å². The third kappa shape index (κ3) is 5.18. The van der Waals surface area contributed by atoms with E-state index < -0.39 is 32.5 Å². The van der Waals surface area contributed by atoms with Gasteiger partial charge in [-0.2, -0.15) is 17.5 Å². The summed E-state index contributed by atoms with van der Waals surface area (Å²) in [5.41, 5.74) is 10.2. The number of piperidine rings is 1. The highest BCUT2D eigenvalue weighted by atomic mass is 35.5. The average molecular weight is 615 g/mol. The number of anilines is 2. The summed E-state index contributed by atoms with van der Waals surface area (Å²) in [6.45, 7) is 0.305. The summed E-state index contributed by atoms with van der Waals surface area (Å²) < 4.78 is 69.8. The first kappa shape index (κ1) is 28.1. The fourth-order valence-electron chi connectivity index (χ4n) is 4.60. The lowest BCUT2D eigenvalue weighted by molar-refractivity contribution is -0.133. The van der Waals surface area contributed by atoms with E-state index in [1.807, 2.05) is 0 Å². The number of guanidine groups is 1. The number of thiophene rings is 1. The van der Waals surface area contributed by atoms with E-state index in [0.717, 1.165) is 5.38 Å². The first-order valence-electron chi connectivity index (χ1n) is 11.8. The van der Waals surface area contributed by atoms with Gasteiger partial charge in [0.1, 0.15) is 9.77 Å². The molecule has 40 heavy (non-hydrogen) atoms. The Morgan fingerprint density at radius 1 is 1.12 bits per heavy atom. The predicted octanol–water partition coefficient (Wildman–Crippen LogP) is 2.95. The Labute approximate surface area is 235 Å². The number of amides is 1. The number of alkyl halides is 3. The number of carbonyl (C=O) groups excluding carboxylic acids is 1. The molecular formula is C23H22ClF3N8O3S2. The number of rotatable bonds is 4. The van der Waals surface area contributed by atoms with Crippen molar-refractivity contribution in [3.63, 3.8) is 0 Å². The van der Waals surface area contributed by atoms with Gasteiger partial charge < -0.3 is 16.8 Å². The van der Waals surface area contributed by atoms with Gasteiger partial charge >= 0.3 is 6.18 Å². The molecule has 0 aliphatic carbocycles. The molecule has 1 spiro atoms. The number of hydrogen-bond donors (Lipinski definition) is 4. The first-order valence-corrected chi connectivity index (χ1v) is 14.5. The summed E-state index contributed by atoms with van der Waals surface area (Å²) in [5, 5.41) is 6.54. The third-order valence-electron chi connectivity index (χ3n) is 6.65. The van der Waals surface area contributed by atoms with Crippen molar-refractivity contribution in [2.75, 3.05) is 31.1 Å². The highest BCUT2D eigenvalue weighted by Crippen LogP contribution is 2.46. The van der Waals surface area contributed by atoms with Crippen molar-refractivity contribution in [1.82, 2.24) is 24.9 Å². The molecule has 0 radical (unpaired) electrons. The van der Waals surface area contributed by atoms with Crippen LogP contribution in [0.3, 0.4) is 0 Å². The molecule has 2 aromatic heterocycles. The van der Waals surface area contributed by atoms with Crippen molar-refractivity contribution in [1.29, 1.82) is 0 Å². The van der Waals surface area contributed by atoms with E-state index in [1.165, 1.54) is 16.4 Å². The standard InChI is InChI=1S/C23H22ClF3N8O3S2/c24-17-19(29)32-18(28)15(31-17)20(36)33-21-30-11-22(34-21)6-8-35(9-7-22)40(37,38)13-10-39-16(23(25,26)27)14(13)12-4-2-1-3-5-12/h1-5,10H,6-9,11H2,(H4,28,29,32)(H2,30,33,34,36). The number of nitrogen functional groups attached to an aromatic ring is 2. The quantitative estimate of drug-likeness (QED) is 0.348. The molecule has 11 nitrogen and oxygen atoms in total. The Hall–Kier alpha value is -3.47. The molecule has 1 aromatic carbocycles. The monoisotopic (exact) mass is 614 g/mol. The van der Waals surface area contributed by atoms with Gasteiger partial charge in [-0.3, -0.25) is 15.1 Å². The summed E-state index contributed by atoms with van der Waals surface area (Å²) >= 11 is 6.20. The van der Waals surface area contributed by atoms with Gasteiger partial charge in [0.2, 0.25) is 10.0 Å². The molecule has 2 aliphatic rings. The number of halogens is 4. The van der Waals surface area contributed by atoms with Crippen LogP contribution in [0, 0.1) is 0 Å². The molecule has 6 N–H and O–H groups in total. The molecule has 1 fully saturated rings. The number of nitrogens with zero attached hydrogens (tertiary/aromatic N) is 4. The van der Waals surface area contributed by atoms with Crippen LogP contribution in [0.15, 0.2) is 45.6 Å². The Bertz CT molecular complexity index is 1610. The van der Waals surface area contributed by atoms with Crippen molar-refractivity contribution in [2.45, 2.75) is 29.5 Å². The molecule has 1 amide bonds. The maximum Gasteiger partial charge on any atom is 0.426 e. The van der Waals surface area contributed by atoms with Crippen LogP contribution in [0.5, 0.6) is 0 Å². The minimum atomic E-state index is -4.71. The summed E-state index contributed by atoms with van der Waals surface area (Å²) in [7, 11) is -4.25. The van der Waals surface area contributed by atoms with E-state index in [0.29, 0.717) is 24.2 Å². The summed E-state index contributed by atoms with van der Waals surface area (Å²) in [4.78, 5) is 23.2. The Morgan fingerprint density at radius 3 is 2.45 bits per heavy atom. The number of sulfonamides is 1. The van der Waals surface area contributed by atoms with Gasteiger partial charge in [-0.1, -0.05) is 41.9 Å². The number of nitrogens with one attached hydrogen (secondary N) is 2. The molecule has 212 valence electrons. The second kappa shape index (κ2) is 10.2. The fourth-order valence-corrected chi connectivity index (χ4v) is 7.67. The number of aliphatic imine (C=N–C) groups is 1. The summed E-state index contributed by atoms with van der Waals surface area (Å²) in [6.07, 6.45) is -4.13. The summed E-state index contributed by atoms with van der Waals surface area (Å²) in [5.74, 6) is -0.931. The molecule has 0 unspecified atom stereocenters. The molecule has 0 saturated carbocycles. The van der Waals surface area contributed by atoms with Crippen LogP contribution in [0.4, 0.5) is 24.8 Å². The Balaban J connectivity index is 1.30. The van der Waals surface area contributed by atoms with E-state index in [9.17, 15) is 26.4 Å². The SMILES string of the molecule is Nc1nc(N)c(C(=O)NC2=NCC3(CCN(S(=O)(=O)c4csc(C(F)(F)F)c4-c4ccccc4)CC3)N2)nc1Cl. The van der Waals surface area contributed by atoms with Crippen LogP contribution in [0.1, 0.15) is 28.2 Å². The van der Waals surface area contributed by atoms with Crippen LogP contribution >= 0.6 is 22.9 Å². The smallest absolute Gasteiger partial charge is 0.382 e. The number of benzene rings is 1. The van der Waals surface area contributed by atoms with Crippen molar-refractivity contribution in [2.24, 2.45) is 4.99 Å². The minimum absolute atomic E-state index is 0.0313. The highest BCUT2D eigenvalue weighted by molar-refractivity contribution is 7.89. The zero-order valence-electron chi connectivity index (χ0n) is 20.5. The van der Waals surface area contributed by atoms with Gasteiger partial charge in [0, 0.05) is 24.0 Å². The average Bonchev–Trinajstić information content (AvgIpc) is 3.52. The molecular weight excluding hydrogens is 593 g/mol. The lowest BCUT2D eigenvalue weighted by atomic mass is 9.89. The number of carbonyl (C=O) groups is 1. The lowest BCUT2D eigenvalue weighted by Gasteiger charge is -2.38. The van der Waals surface area contributed by atoms with E-state index in [4.69, 9.17) is 23.1 Å². The lowest BCUT2D eigenvalue weighted by Crippen LogP contribution is -2.56. The second-order valence-electron chi connectivity index (χ2n) is 9.23. The third-order valence-corrected chi connectivity index (χ3v) is 10.0. The van der Waals surface area contributed by atoms with Gasteiger partial charge in [-0.15, -0.1) is 11.3 Å². The van der Waals surface area contributed by atoms with E-state index in [2.05, 4.69) is 25.6 Å². The van der Waals surface area contributed by atoms with Gasteiger partial charge in [0.25, 0.3) is 5.91 Å². The van der Waals surface area contributed by atoms with Crippen molar-refractivity contribution in [3.8, 4) is 11.1 Å². The van der Waals surface area contributed by atoms with Crippen molar-refractivity contribution in [3.05, 3.63) is 51.4 Å². The molecule has 1 saturated heterocycles. The molecule has 2 aliphatic heterocycles. The van der Waals surface area contributed by atoms with Crippen LogP contribution in [-0.2, 0) is 16.2 Å². The minimum Gasteiger partial charge on any atom is -0.382 e. The van der Waals surface area contributed by atoms with E-state index >= 15 is 0 Å². The normalized spacial score (nSPS) is 17.4. The molecule has 5 rings (SSSR count). The summed E-state index contributed by atoms with van der Waals surface area (Å²) in [6, 6.07) is 7.66. The van der Waals surface area contributed by atoms with Crippen LogP contribution in [0.25, 0.3) is 11.1 Å². The van der Waals surface area contributed by atoms with Gasteiger partial charge in [-0.05, 0) is 18.4 Å². The maximum absolute atomic E-state index is 13.8.